The van der Waals surface area contributed by atoms with Crippen LogP contribution in [-0.2, 0) is 10.0 Å². The maximum absolute atomic E-state index is 11.0. The molecule has 1 heterocycles. The molecule has 0 aromatic rings. The van der Waals surface area contributed by atoms with Crippen LogP contribution in [0.4, 0.5) is 0 Å². The van der Waals surface area contributed by atoms with E-state index in [9.17, 15) is 8.42 Å². The molecule has 20 heavy (non-hydrogen) atoms. The average molecular weight is 304 g/mol. The first-order valence-corrected chi connectivity index (χ1v) is 8.91. The van der Waals surface area contributed by atoms with E-state index in [0.29, 0.717) is 13.1 Å². The van der Waals surface area contributed by atoms with Gasteiger partial charge in [-0.2, -0.15) is 0 Å². The molecular weight excluding hydrogens is 276 g/mol. The average Bonchev–Trinajstić information content (AvgIpc) is 2.29. The molecule has 1 aliphatic rings. The Morgan fingerprint density at radius 2 is 1.90 bits per heavy atom. The number of guanidine groups is 1. The van der Waals surface area contributed by atoms with Crippen molar-refractivity contribution >= 4 is 16.0 Å². The molecule has 0 spiro atoms. The second-order valence-electron chi connectivity index (χ2n) is 6.43. The number of hydrogen-bond donors (Lipinski definition) is 2. The normalized spacial score (nSPS) is 21.5. The molecule has 6 nitrogen and oxygen atoms in total. The molecule has 7 heteroatoms. The van der Waals surface area contributed by atoms with Crippen LogP contribution >= 0.6 is 0 Å². The lowest BCUT2D eigenvalue weighted by atomic mass is 9.65. The van der Waals surface area contributed by atoms with Crippen LogP contribution in [0.5, 0.6) is 0 Å². The fraction of sp³-hybridized carbons (Fsp3) is 0.923. The topological polar surface area (TPSA) is 73.8 Å². The Bertz CT molecular complexity index is 469. The third kappa shape index (κ3) is 3.85. The van der Waals surface area contributed by atoms with Crippen molar-refractivity contribution in [2.24, 2.45) is 10.4 Å². The van der Waals surface area contributed by atoms with Crippen LogP contribution in [0, 0.1) is 5.41 Å². The third-order valence-electron chi connectivity index (χ3n) is 4.21. The van der Waals surface area contributed by atoms with Crippen molar-refractivity contribution in [2.75, 3.05) is 32.4 Å². The van der Waals surface area contributed by atoms with Gasteiger partial charge in [0.25, 0.3) is 0 Å². The minimum Gasteiger partial charge on any atom is -0.356 e. The van der Waals surface area contributed by atoms with Crippen LogP contribution < -0.4 is 10.0 Å². The maximum Gasteiger partial charge on any atom is 0.208 e. The van der Waals surface area contributed by atoms with Crippen molar-refractivity contribution in [3.63, 3.8) is 0 Å². The van der Waals surface area contributed by atoms with Crippen LogP contribution in [0.1, 0.15) is 34.6 Å². The molecule has 2 N–H and O–H groups in total. The Morgan fingerprint density at radius 1 is 1.30 bits per heavy atom. The minimum absolute atomic E-state index is 0.0399. The van der Waals surface area contributed by atoms with Crippen LogP contribution in [0.15, 0.2) is 4.99 Å². The molecule has 0 radical (unpaired) electrons. The van der Waals surface area contributed by atoms with E-state index in [0.717, 1.165) is 25.3 Å². The van der Waals surface area contributed by atoms with Crippen molar-refractivity contribution in [1.29, 1.82) is 0 Å². The SMILES string of the molecule is CCNC(=NCCNS(C)(=O)=O)N1CC(C)(C)C1(C)C. The number of nitrogens with zero attached hydrogens (tertiary/aromatic N) is 2. The van der Waals surface area contributed by atoms with E-state index in [-0.39, 0.29) is 11.0 Å². The molecule has 0 aliphatic carbocycles. The highest BCUT2D eigenvalue weighted by atomic mass is 32.2. The van der Waals surface area contributed by atoms with E-state index >= 15 is 0 Å². The van der Waals surface area contributed by atoms with E-state index in [1.807, 2.05) is 6.92 Å². The maximum atomic E-state index is 11.0. The number of nitrogens with one attached hydrogen (secondary N) is 2. The van der Waals surface area contributed by atoms with Crippen LogP contribution in [0.3, 0.4) is 0 Å². The predicted molar refractivity (Wildman–Crippen MR) is 83.4 cm³/mol. The fourth-order valence-electron chi connectivity index (χ4n) is 2.19. The highest BCUT2D eigenvalue weighted by molar-refractivity contribution is 7.88. The lowest BCUT2D eigenvalue weighted by Gasteiger charge is -2.62. The summed E-state index contributed by atoms with van der Waals surface area (Å²) in [7, 11) is -3.14. The first-order valence-electron chi connectivity index (χ1n) is 7.02. The van der Waals surface area contributed by atoms with E-state index < -0.39 is 10.0 Å². The summed E-state index contributed by atoms with van der Waals surface area (Å²) in [4.78, 5) is 6.75. The first kappa shape index (κ1) is 17.2. The Balaban J connectivity index is 2.66. The van der Waals surface area contributed by atoms with Gasteiger partial charge in [-0.3, -0.25) is 4.99 Å². The van der Waals surface area contributed by atoms with Crippen molar-refractivity contribution in [1.82, 2.24) is 14.9 Å². The second kappa shape index (κ2) is 5.89. The summed E-state index contributed by atoms with van der Waals surface area (Å²) in [5.74, 6) is 0.854. The minimum atomic E-state index is -3.14. The summed E-state index contributed by atoms with van der Waals surface area (Å²) in [5.41, 5.74) is 0.284. The Morgan fingerprint density at radius 3 is 2.30 bits per heavy atom. The number of sulfonamides is 1. The molecule has 0 aromatic heterocycles. The first-order chi connectivity index (χ1) is 9.01. The number of rotatable bonds is 5. The highest BCUT2D eigenvalue weighted by Crippen LogP contribution is 2.46. The molecule has 0 atom stereocenters. The van der Waals surface area contributed by atoms with Crippen LogP contribution in [0.2, 0.25) is 0 Å². The van der Waals surface area contributed by atoms with Gasteiger partial charge >= 0.3 is 0 Å². The standard InChI is InChI=1S/C13H28N4O2S/c1-7-14-11(15-8-9-16-20(6,18)19)17-10-12(2,3)13(17,4)5/h16H,7-10H2,1-6H3,(H,14,15). The van der Waals surface area contributed by atoms with Gasteiger partial charge in [0.05, 0.1) is 12.8 Å². The number of hydrogen-bond acceptors (Lipinski definition) is 3. The van der Waals surface area contributed by atoms with E-state index in [1.54, 1.807) is 0 Å². The van der Waals surface area contributed by atoms with Gasteiger partial charge in [0.15, 0.2) is 5.96 Å². The van der Waals surface area contributed by atoms with Crippen LogP contribution in [-0.4, -0.2) is 57.3 Å². The summed E-state index contributed by atoms with van der Waals surface area (Å²) in [6.07, 6.45) is 1.16. The van der Waals surface area contributed by atoms with Gasteiger partial charge in [-0.1, -0.05) is 13.8 Å². The van der Waals surface area contributed by atoms with Gasteiger partial charge in [0.1, 0.15) is 0 Å². The Labute approximate surface area is 123 Å². The zero-order valence-electron chi connectivity index (χ0n) is 13.4. The van der Waals surface area contributed by atoms with Crippen molar-refractivity contribution in [3.8, 4) is 0 Å². The molecule has 0 aromatic carbocycles. The molecule has 1 saturated heterocycles. The van der Waals surface area contributed by atoms with E-state index in [1.165, 1.54) is 0 Å². The van der Waals surface area contributed by atoms with Gasteiger partial charge in [-0.25, -0.2) is 13.1 Å². The zero-order chi connectivity index (χ0) is 15.6. The molecule has 1 aliphatic heterocycles. The molecule has 0 amide bonds. The number of likely N-dealkylation sites (tertiary alicyclic amines) is 1. The Kier molecular flexibility index (Phi) is 5.08. The second-order valence-corrected chi connectivity index (χ2v) is 8.26. The van der Waals surface area contributed by atoms with Gasteiger partial charge in [-0.05, 0) is 20.8 Å². The molecule has 0 bridgehead atoms. The monoisotopic (exact) mass is 304 g/mol. The molecule has 1 fully saturated rings. The highest BCUT2D eigenvalue weighted by Gasteiger charge is 2.53. The smallest absolute Gasteiger partial charge is 0.208 e. The molecule has 118 valence electrons. The largest absolute Gasteiger partial charge is 0.356 e. The molecule has 0 saturated carbocycles. The lowest BCUT2D eigenvalue weighted by Crippen LogP contribution is -2.72. The summed E-state index contributed by atoms with van der Waals surface area (Å²) in [5, 5.41) is 3.27. The predicted octanol–water partition coefficient (Wildman–Crippen LogP) is 0.622. The van der Waals surface area contributed by atoms with E-state index in [4.69, 9.17) is 0 Å². The number of aliphatic imine (C=N–C) groups is 1. The summed E-state index contributed by atoms with van der Waals surface area (Å²) in [6, 6.07) is 0. The molecule has 0 unspecified atom stereocenters. The Hall–Kier alpha value is -0.820. The van der Waals surface area contributed by atoms with Crippen molar-refractivity contribution < 1.29 is 8.42 Å². The van der Waals surface area contributed by atoms with Crippen molar-refractivity contribution in [2.45, 2.75) is 40.2 Å². The van der Waals surface area contributed by atoms with Crippen LogP contribution in [0.25, 0.3) is 0 Å². The zero-order valence-corrected chi connectivity index (χ0v) is 14.3. The van der Waals surface area contributed by atoms with E-state index in [2.05, 4.69) is 47.6 Å². The summed E-state index contributed by atoms with van der Waals surface area (Å²) >= 11 is 0. The third-order valence-corrected chi connectivity index (χ3v) is 4.94. The molecular formula is C13H28N4O2S. The van der Waals surface area contributed by atoms with Gasteiger partial charge < -0.3 is 10.2 Å². The fourth-order valence-corrected chi connectivity index (χ4v) is 2.65. The summed E-state index contributed by atoms with van der Waals surface area (Å²) < 4.78 is 24.5. The quantitative estimate of drug-likeness (QED) is 0.444. The van der Waals surface area contributed by atoms with Crippen molar-refractivity contribution in [3.05, 3.63) is 0 Å². The van der Waals surface area contributed by atoms with Gasteiger partial charge in [0.2, 0.25) is 10.0 Å². The molecule has 1 rings (SSSR count). The summed E-state index contributed by atoms with van der Waals surface area (Å²) in [6.45, 7) is 13.4. The lowest BCUT2D eigenvalue weighted by molar-refractivity contribution is -0.0667. The van der Waals surface area contributed by atoms with Gasteiger partial charge in [-0.15, -0.1) is 0 Å². The van der Waals surface area contributed by atoms with Gasteiger partial charge in [0, 0.05) is 30.6 Å².